The van der Waals surface area contributed by atoms with Crippen LogP contribution in [-0.4, -0.2) is 37.5 Å². The molecule has 0 aliphatic carbocycles. The SMILES string of the molecule is CCOc1ccc(NC(=O)COC(=O)[C@@H]2CC(=O)N(c3ccccc3F)C2)cc1. The average Bonchev–Trinajstić information content (AvgIpc) is 3.10. The van der Waals surface area contributed by atoms with Crippen molar-refractivity contribution >= 4 is 29.2 Å². The van der Waals surface area contributed by atoms with E-state index in [2.05, 4.69) is 5.32 Å². The molecular formula is C21H21FN2O5. The Morgan fingerprint density at radius 3 is 2.59 bits per heavy atom. The summed E-state index contributed by atoms with van der Waals surface area (Å²) in [6.45, 7) is 1.95. The van der Waals surface area contributed by atoms with Crippen molar-refractivity contribution in [1.29, 1.82) is 0 Å². The monoisotopic (exact) mass is 400 g/mol. The summed E-state index contributed by atoms with van der Waals surface area (Å²) >= 11 is 0. The zero-order valence-electron chi connectivity index (χ0n) is 15.9. The number of anilines is 2. The van der Waals surface area contributed by atoms with Crippen molar-refractivity contribution in [3.05, 3.63) is 54.3 Å². The lowest BCUT2D eigenvalue weighted by atomic mass is 10.1. The van der Waals surface area contributed by atoms with Crippen LogP contribution in [0.5, 0.6) is 5.75 Å². The number of esters is 1. The van der Waals surface area contributed by atoms with Crippen LogP contribution in [0.25, 0.3) is 0 Å². The average molecular weight is 400 g/mol. The molecule has 1 atom stereocenters. The standard InChI is InChI=1S/C21H21FN2O5/c1-2-28-16-9-7-15(8-10-16)23-19(25)13-29-21(27)14-11-20(26)24(12-14)18-6-4-3-5-17(18)22/h3-10,14H,2,11-13H2,1H3,(H,23,25)/t14-/m1/s1. The molecule has 1 aliphatic rings. The molecule has 1 fully saturated rings. The van der Waals surface area contributed by atoms with Gasteiger partial charge < -0.3 is 19.7 Å². The Morgan fingerprint density at radius 1 is 1.17 bits per heavy atom. The fraction of sp³-hybridized carbons (Fsp3) is 0.286. The first-order valence-corrected chi connectivity index (χ1v) is 9.22. The topological polar surface area (TPSA) is 84.9 Å². The molecular weight excluding hydrogens is 379 g/mol. The van der Waals surface area contributed by atoms with Crippen LogP contribution < -0.4 is 15.0 Å². The smallest absolute Gasteiger partial charge is 0.311 e. The zero-order valence-corrected chi connectivity index (χ0v) is 15.9. The minimum absolute atomic E-state index is 0.0130. The van der Waals surface area contributed by atoms with Crippen molar-refractivity contribution in [3.8, 4) is 5.75 Å². The van der Waals surface area contributed by atoms with Crippen molar-refractivity contribution in [2.75, 3.05) is 30.0 Å². The van der Waals surface area contributed by atoms with E-state index < -0.39 is 30.2 Å². The molecule has 1 heterocycles. The first-order valence-electron chi connectivity index (χ1n) is 9.22. The number of halogens is 1. The molecule has 3 rings (SSSR count). The minimum atomic E-state index is -0.750. The van der Waals surface area contributed by atoms with Crippen LogP contribution in [0.4, 0.5) is 15.8 Å². The summed E-state index contributed by atoms with van der Waals surface area (Å²) in [5, 5.41) is 2.61. The van der Waals surface area contributed by atoms with Gasteiger partial charge >= 0.3 is 5.97 Å². The molecule has 152 valence electrons. The highest BCUT2D eigenvalue weighted by atomic mass is 19.1. The Labute approximate surface area is 167 Å². The van der Waals surface area contributed by atoms with Crippen LogP contribution in [-0.2, 0) is 19.1 Å². The normalized spacial score (nSPS) is 15.9. The van der Waals surface area contributed by atoms with E-state index in [0.29, 0.717) is 18.0 Å². The third kappa shape index (κ3) is 5.10. The highest BCUT2D eigenvalue weighted by Crippen LogP contribution is 2.27. The van der Waals surface area contributed by atoms with Gasteiger partial charge in [0.05, 0.1) is 18.2 Å². The molecule has 0 unspecified atom stereocenters. The molecule has 0 spiro atoms. The number of ether oxygens (including phenoxy) is 2. The van der Waals surface area contributed by atoms with Gasteiger partial charge in [-0.1, -0.05) is 12.1 Å². The molecule has 1 saturated heterocycles. The minimum Gasteiger partial charge on any atom is -0.494 e. The van der Waals surface area contributed by atoms with E-state index in [4.69, 9.17) is 9.47 Å². The summed E-state index contributed by atoms with van der Waals surface area (Å²) in [5.41, 5.74) is 0.664. The molecule has 1 aliphatic heterocycles. The molecule has 1 N–H and O–H groups in total. The van der Waals surface area contributed by atoms with E-state index in [-0.39, 0.29) is 24.6 Å². The van der Waals surface area contributed by atoms with E-state index in [1.165, 1.54) is 23.1 Å². The Hall–Kier alpha value is -3.42. The molecule has 2 aromatic carbocycles. The second kappa shape index (κ2) is 9.18. The van der Waals surface area contributed by atoms with Gasteiger partial charge in [0.2, 0.25) is 5.91 Å². The Kier molecular flexibility index (Phi) is 6.43. The van der Waals surface area contributed by atoms with Crippen molar-refractivity contribution < 1.29 is 28.2 Å². The van der Waals surface area contributed by atoms with E-state index in [1.807, 2.05) is 6.92 Å². The van der Waals surface area contributed by atoms with Crippen LogP contribution in [0.2, 0.25) is 0 Å². The predicted molar refractivity (Wildman–Crippen MR) is 104 cm³/mol. The molecule has 8 heteroatoms. The second-order valence-electron chi connectivity index (χ2n) is 6.47. The van der Waals surface area contributed by atoms with Crippen molar-refractivity contribution in [2.24, 2.45) is 5.92 Å². The Balaban J connectivity index is 1.50. The summed E-state index contributed by atoms with van der Waals surface area (Å²) in [4.78, 5) is 37.6. The fourth-order valence-corrected chi connectivity index (χ4v) is 3.02. The Morgan fingerprint density at radius 2 is 1.90 bits per heavy atom. The molecule has 2 aromatic rings. The van der Waals surface area contributed by atoms with E-state index in [1.54, 1.807) is 30.3 Å². The lowest BCUT2D eigenvalue weighted by Crippen LogP contribution is -2.28. The van der Waals surface area contributed by atoms with Crippen molar-refractivity contribution in [1.82, 2.24) is 0 Å². The van der Waals surface area contributed by atoms with E-state index >= 15 is 0 Å². The van der Waals surface area contributed by atoms with Gasteiger partial charge in [-0.2, -0.15) is 0 Å². The van der Waals surface area contributed by atoms with E-state index in [9.17, 15) is 18.8 Å². The third-order valence-electron chi connectivity index (χ3n) is 4.40. The third-order valence-corrected chi connectivity index (χ3v) is 4.40. The second-order valence-corrected chi connectivity index (χ2v) is 6.47. The lowest BCUT2D eigenvalue weighted by molar-refractivity contribution is -0.151. The first kappa shape index (κ1) is 20.3. The Bertz CT molecular complexity index is 900. The van der Waals surface area contributed by atoms with Crippen LogP contribution in [0.1, 0.15) is 13.3 Å². The van der Waals surface area contributed by atoms with Crippen molar-refractivity contribution in [2.45, 2.75) is 13.3 Å². The van der Waals surface area contributed by atoms with Crippen LogP contribution in [0.3, 0.4) is 0 Å². The van der Waals surface area contributed by atoms with Gasteiger partial charge in [-0.3, -0.25) is 14.4 Å². The predicted octanol–water partition coefficient (Wildman–Crippen LogP) is 2.76. The van der Waals surface area contributed by atoms with Gasteiger partial charge in [-0.15, -0.1) is 0 Å². The number of para-hydroxylation sites is 1. The number of hydrogen-bond acceptors (Lipinski definition) is 5. The maximum Gasteiger partial charge on any atom is 0.311 e. The molecule has 0 aromatic heterocycles. The summed E-state index contributed by atoms with van der Waals surface area (Å²) in [6, 6.07) is 12.6. The van der Waals surface area contributed by atoms with Gasteiger partial charge in [0, 0.05) is 18.7 Å². The van der Waals surface area contributed by atoms with Gasteiger partial charge in [0.1, 0.15) is 11.6 Å². The largest absolute Gasteiger partial charge is 0.494 e. The first-order chi connectivity index (χ1) is 14.0. The van der Waals surface area contributed by atoms with Crippen molar-refractivity contribution in [3.63, 3.8) is 0 Å². The molecule has 0 radical (unpaired) electrons. The van der Waals surface area contributed by atoms with Gasteiger partial charge in [-0.25, -0.2) is 4.39 Å². The number of nitrogens with zero attached hydrogens (tertiary/aromatic N) is 1. The number of amides is 2. The van der Waals surface area contributed by atoms with Gasteiger partial charge in [0.15, 0.2) is 6.61 Å². The maximum atomic E-state index is 13.9. The molecule has 0 saturated carbocycles. The lowest BCUT2D eigenvalue weighted by Gasteiger charge is -2.17. The molecule has 0 bridgehead atoms. The summed E-state index contributed by atoms with van der Waals surface area (Å²) in [5.74, 6) is -2.14. The number of nitrogens with one attached hydrogen (secondary N) is 1. The highest BCUT2D eigenvalue weighted by Gasteiger charge is 2.37. The zero-order chi connectivity index (χ0) is 20.8. The quantitative estimate of drug-likeness (QED) is 0.723. The number of rotatable bonds is 7. The summed E-state index contributed by atoms with van der Waals surface area (Å²) < 4.78 is 24.3. The maximum absolute atomic E-state index is 13.9. The van der Waals surface area contributed by atoms with Crippen LogP contribution in [0.15, 0.2) is 48.5 Å². The number of carbonyl (C=O) groups is 3. The molecule has 29 heavy (non-hydrogen) atoms. The van der Waals surface area contributed by atoms with Crippen LogP contribution >= 0.6 is 0 Å². The summed E-state index contributed by atoms with van der Waals surface area (Å²) in [6.07, 6.45) is -0.0896. The molecule has 2 amide bonds. The van der Waals surface area contributed by atoms with Crippen LogP contribution in [0, 0.1) is 11.7 Å². The fourth-order valence-electron chi connectivity index (χ4n) is 3.02. The number of hydrogen-bond donors (Lipinski definition) is 1. The molecule has 7 nitrogen and oxygen atoms in total. The number of benzene rings is 2. The van der Waals surface area contributed by atoms with E-state index in [0.717, 1.165) is 0 Å². The van der Waals surface area contributed by atoms with Gasteiger partial charge in [-0.05, 0) is 43.3 Å². The highest BCUT2D eigenvalue weighted by molar-refractivity contribution is 6.00. The summed E-state index contributed by atoms with van der Waals surface area (Å²) in [7, 11) is 0. The number of carbonyl (C=O) groups excluding carboxylic acids is 3. The van der Waals surface area contributed by atoms with Gasteiger partial charge in [0.25, 0.3) is 5.91 Å².